The molecule has 2 aromatic rings. The zero-order chi connectivity index (χ0) is 18.5. The van der Waals surface area contributed by atoms with E-state index >= 15 is 0 Å². The Labute approximate surface area is 144 Å². The van der Waals surface area contributed by atoms with Gasteiger partial charge in [-0.05, 0) is 31.2 Å². The number of rotatable bonds is 5. The molecule has 2 aromatic heterocycles. The third-order valence-corrected chi connectivity index (χ3v) is 5.87. The van der Waals surface area contributed by atoms with Crippen LogP contribution in [0.2, 0.25) is 0 Å². The Bertz CT molecular complexity index is 955. The van der Waals surface area contributed by atoms with E-state index in [0.29, 0.717) is 23.1 Å². The normalized spacial score (nSPS) is 20.2. The van der Waals surface area contributed by atoms with Crippen molar-refractivity contribution >= 4 is 27.8 Å². The second kappa shape index (κ2) is 6.12. The maximum absolute atomic E-state index is 12.8. The van der Waals surface area contributed by atoms with Crippen molar-refractivity contribution < 1.29 is 18.0 Å². The van der Waals surface area contributed by atoms with E-state index in [9.17, 15) is 27.6 Å². The minimum atomic E-state index is -4.30. The summed E-state index contributed by atoms with van der Waals surface area (Å²) in [6.07, 6.45) is -4.28. The number of hydrogen-bond acceptors (Lipinski definition) is 4. The van der Waals surface area contributed by atoms with Crippen molar-refractivity contribution in [3.8, 4) is 0 Å². The van der Waals surface area contributed by atoms with Gasteiger partial charge in [-0.25, -0.2) is 4.79 Å². The number of carbonyl (C=O) groups excluding carboxylic acids is 1. The third kappa shape index (κ3) is 3.17. The largest absolute Gasteiger partial charge is 0.389 e. The summed E-state index contributed by atoms with van der Waals surface area (Å²) in [5.74, 6) is 0.177. The molecule has 0 aromatic carbocycles. The number of aryl methyl sites for hydroxylation is 2. The smallest absolute Gasteiger partial charge is 0.297 e. The van der Waals surface area contributed by atoms with Crippen LogP contribution in [0.15, 0.2) is 9.59 Å². The maximum Gasteiger partial charge on any atom is 0.389 e. The fourth-order valence-electron chi connectivity index (χ4n) is 3.08. The molecule has 0 amide bonds. The summed E-state index contributed by atoms with van der Waals surface area (Å²) in [7, 11) is 0. The van der Waals surface area contributed by atoms with Crippen molar-refractivity contribution in [2.24, 2.45) is 5.92 Å². The Morgan fingerprint density at radius 1 is 1.32 bits per heavy atom. The molecule has 9 heteroatoms. The Morgan fingerprint density at radius 2 is 1.96 bits per heavy atom. The average Bonchev–Trinajstić information content (AvgIpc) is 3.11. The summed E-state index contributed by atoms with van der Waals surface area (Å²) < 4.78 is 39.7. The van der Waals surface area contributed by atoms with Crippen molar-refractivity contribution in [1.82, 2.24) is 9.13 Å². The highest BCUT2D eigenvalue weighted by molar-refractivity contribution is 7.20. The monoisotopic (exact) mass is 374 g/mol. The van der Waals surface area contributed by atoms with Gasteiger partial charge >= 0.3 is 11.9 Å². The SMILES string of the molecule is Cc1c(C=O)sc2c1c(=O)n([C@H]1C[C@@H]1C)c(=O)n2CCCC(F)(F)F. The zero-order valence-electron chi connectivity index (χ0n) is 13.7. The second-order valence-corrected chi connectivity index (χ2v) is 7.53. The lowest BCUT2D eigenvalue weighted by molar-refractivity contribution is -0.135. The van der Waals surface area contributed by atoms with Gasteiger partial charge in [0.05, 0.1) is 10.3 Å². The molecule has 25 heavy (non-hydrogen) atoms. The molecule has 1 aliphatic carbocycles. The van der Waals surface area contributed by atoms with E-state index in [2.05, 4.69) is 0 Å². The lowest BCUT2D eigenvalue weighted by Crippen LogP contribution is -2.39. The second-order valence-electron chi connectivity index (χ2n) is 6.50. The van der Waals surface area contributed by atoms with Crippen LogP contribution in [0, 0.1) is 12.8 Å². The standard InChI is InChI=1S/C16H17F3N2O3S/c1-8-6-10(8)21-13(23)12-9(2)11(7-22)25-14(12)20(15(21)24)5-3-4-16(17,18)19/h7-8,10H,3-6H2,1-2H3/t8-,10-/m0/s1. The molecular formula is C16H17F3N2O3S. The maximum atomic E-state index is 12.8. The summed E-state index contributed by atoms with van der Waals surface area (Å²) >= 11 is 0.979. The highest BCUT2D eigenvalue weighted by atomic mass is 32.1. The number of halogens is 3. The van der Waals surface area contributed by atoms with Crippen molar-refractivity contribution in [2.45, 2.75) is 51.9 Å². The first-order valence-electron chi connectivity index (χ1n) is 7.96. The van der Waals surface area contributed by atoms with Crippen LogP contribution in [0.5, 0.6) is 0 Å². The van der Waals surface area contributed by atoms with E-state index < -0.39 is 23.8 Å². The zero-order valence-corrected chi connectivity index (χ0v) is 14.5. The fourth-order valence-corrected chi connectivity index (χ4v) is 4.22. The minimum absolute atomic E-state index is 0.144. The Hall–Kier alpha value is -1.90. The molecule has 2 atom stereocenters. The summed E-state index contributed by atoms with van der Waals surface area (Å²) in [4.78, 5) is 37.3. The van der Waals surface area contributed by atoms with E-state index in [1.165, 1.54) is 4.57 Å². The summed E-state index contributed by atoms with van der Waals surface area (Å²) in [6, 6.07) is -0.225. The van der Waals surface area contributed by atoms with E-state index in [-0.39, 0.29) is 35.1 Å². The quantitative estimate of drug-likeness (QED) is 0.755. The Morgan fingerprint density at radius 3 is 2.48 bits per heavy atom. The van der Waals surface area contributed by atoms with Gasteiger partial charge in [-0.1, -0.05) is 6.92 Å². The van der Waals surface area contributed by atoms with Crippen LogP contribution < -0.4 is 11.2 Å². The molecule has 2 heterocycles. The minimum Gasteiger partial charge on any atom is -0.297 e. The van der Waals surface area contributed by atoms with Crippen LogP contribution in [0.25, 0.3) is 10.2 Å². The predicted molar refractivity (Wildman–Crippen MR) is 88.6 cm³/mol. The molecule has 0 saturated heterocycles. The van der Waals surface area contributed by atoms with Crippen LogP contribution >= 0.6 is 11.3 Å². The first kappa shape index (κ1) is 17.9. The van der Waals surface area contributed by atoms with E-state index in [4.69, 9.17) is 0 Å². The number of aromatic nitrogens is 2. The Kier molecular flexibility index (Phi) is 4.38. The molecule has 0 aliphatic heterocycles. The number of hydrogen-bond donors (Lipinski definition) is 0. The lowest BCUT2D eigenvalue weighted by atomic mass is 10.2. The van der Waals surface area contributed by atoms with Gasteiger partial charge in [0.15, 0.2) is 6.29 Å². The van der Waals surface area contributed by atoms with Gasteiger partial charge in [0.2, 0.25) is 0 Å². The van der Waals surface area contributed by atoms with E-state index in [1.807, 2.05) is 6.92 Å². The molecule has 1 aliphatic rings. The average molecular weight is 374 g/mol. The summed E-state index contributed by atoms with van der Waals surface area (Å²) in [6.45, 7) is 3.38. The van der Waals surface area contributed by atoms with Crippen molar-refractivity contribution in [3.63, 3.8) is 0 Å². The van der Waals surface area contributed by atoms with Gasteiger partial charge < -0.3 is 0 Å². The summed E-state index contributed by atoms with van der Waals surface area (Å²) in [5, 5.41) is 0.262. The first-order chi connectivity index (χ1) is 11.7. The topological polar surface area (TPSA) is 61.1 Å². The van der Waals surface area contributed by atoms with Crippen molar-refractivity contribution in [2.75, 3.05) is 0 Å². The number of nitrogens with zero attached hydrogens (tertiary/aromatic N) is 2. The number of alkyl halides is 3. The van der Waals surface area contributed by atoms with Crippen LogP contribution in [-0.2, 0) is 6.54 Å². The molecule has 3 rings (SSSR count). The van der Waals surface area contributed by atoms with Gasteiger partial charge in [-0.2, -0.15) is 13.2 Å². The number of aldehydes is 1. The lowest BCUT2D eigenvalue weighted by Gasteiger charge is -2.13. The van der Waals surface area contributed by atoms with E-state index in [0.717, 1.165) is 15.9 Å². The molecule has 1 fully saturated rings. The molecular weight excluding hydrogens is 357 g/mol. The van der Waals surface area contributed by atoms with Crippen molar-refractivity contribution in [3.05, 3.63) is 31.3 Å². The van der Waals surface area contributed by atoms with Crippen LogP contribution in [0.4, 0.5) is 13.2 Å². The number of thiophene rings is 1. The predicted octanol–water partition coefficient (Wildman–Crippen LogP) is 3.27. The molecule has 0 spiro atoms. The molecule has 5 nitrogen and oxygen atoms in total. The molecule has 0 N–H and O–H groups in total. The number of carbonyl (C=O) groups is 1. The molecule has 136 valence electrons. The molecule has 1 saturated carbocycles. The van der Waals surface area contributed by atoms with Crippen LogP contribution in [0.1, 0.15) is 47.5 Å². The van der Waals surface area contributed by atoms with Gasteiger partial charge in [0.1, 0.15) is 4.83 Å². The van der Waals surface area contributed by atoms with Crippen LogP contribution in [-0.4, -0.2) is 21.6 Å². The molecule has 0 radical (unpaired) electrons. The third-order valence-electron chi connectivity index (χ3n) is 4.63. The van der Waals surface area contributed by atoms with Gasteiger partial charge in [0, 0.05) is 19.0 Å². The number of fused-ring (bicyclic) bond motifs is 1. The van der Waals surface area contributed by atoms with Crippen LogP contribution in [0.3, 0.4) is 0 Å². The van der Waals surface area contributed by atoms with Crippen molar-refractivity contribution in [1.29, 1.82) is 0 Å². The fraction of sp³-hybridized carbons (Fsp3) is 0.562. The van der Waals surface area contributed by atoms with E-state index in [1.54, 1.807) is 6.92 Å². The van der Waals surface area contributed by atoms with Gasteiger partial charge in [0.25, 0.3) is 5.56 Å². The first-order valence-corrected chi connectivity index (χ1v) is 8.77. The Balaban J connectivity index is 2.18. The summed E-state index contributed by atoms with van der Waals surface area (Å²) in [5.41, 5.74) is -0.567. The highest BCUT2D eigenvalue weighted by Gasteiger charge is 2.38. The van der Waals surface area contributed by atoms with Gasteiger partial charge in [-0.15, -0.1) is 11.3 Å². The van der Waals surface area contributed by atoms with Gasteiger partial charge in [-0.3, -0.25) is 18.7 Å². The molecule has 0 bridgehead atoms. The highest BCUT2D eigenvalue weighted by Crippen LogP contribution is 2.41. The molecule has 0 unspecified atom stereocenters.